The van der Waals surface area contributed by atoms with Crippen LogP contribution in [0.25, 0.3) is 0 Å². The molecule has 48 valence electrons. The monoisotopic (exact) mass is 128 g/mol. The van der Waals surface area contributed by atoms with Gasteiger partial charge in [-0.15, -0.1) is 0 Å². The van der Waals surface area contributed by atoms with E-state index in [1.165, 1.54) is 0 Å². The summed E-state index contributed by atoms with van der Waals surface area (Å²) in [7, 11) is 0. The molecule has 0 unspecified atom stereocenters. The van der Waals surface area contributed by atoms with E-state index in [0.717, 1.165) is 0 Å². The van der Waals surface area contributed by atoms with Gasteiger partial charge in [-0.25, -0.2) is 4.79 Å². The van der Waals surface area contributed by atoms with Crippen molar-refractivity contribution in [2.24, 2.45) is 0 Å². The van der Waals surface area contributed by atoms with Gasteiger partial charge < -0.3 is 4.74 Å². The fraction of sp³-hybridized carbons (Fsp3) is 0.400. The molecule has 1 fully saturated rings. The Hall–Kier alpha value is -1.19. The predicted molar refractivity (Wildman–Crippen MR) is 25.6 cm³/mol. The van der Waals surface area contributed by atoms with Gasteiger partial charge in [0, 0.05) is 0 Å². The van der Waals surface area contributed by atoms with Crippen LogP contribution < -0.4 is 0 Å². The zero-order chi connectivity index (χ0) is 6.85. The Labute approximate surface area is 50.8 Å². The van der Waals surface area contributed by atoms with E-state index < -0.39 is 11.8 Å². The molecule has 4 nitrogen and oxygen atoms in total. The summed E-state index contributed by atoms with van der Waals surface area (Å²) in [4.78, 5) is 30.8. The molecular weight excluding hydrogens is 124 g/mol. The number of Topliss-reactive ketones (excluding diaryl/α,β-unsaturated/α-hetero) is 2. The van der Waals surface area contributed by atoms with E-state index in [4.69, 9.17) is 0 Å². The number of ketones is 2. The van der Waals surface area contributed by atoms with Gasteiger partial charge in [0.1, 0.15) is 0 Å². The van der Waals surface area contributed by atoms with Crippen LogP contribution in [0.3, 0.4) is 0 Å². The van der Waals surface area contributed by atoms with Crippen molar-refractivity contribution < 1.29 is 19.1 Å². The first-order chi connectivity index (χ1) is 4.20. The van der Waals surface area contributed by atoms with Crippen molar-refractivity contribution in [1.29, 1.82) is 0 Å². The maximum atomic E-state index is 10.3. The molecule has 0 aliphatic carbocycles. The Morgan fingerprint density at radius 3 is 2.33 bits per heavy atom. The topological polar surface area (TPSA) is 60.4 Å². The summed E-state index contributed by atoms with van der Waals surface area (Å²) >= 11 is 0. The molecule has 0 amide bonds. The number of cyclic esters (lactones) is 1. The Bertz CT molecular complexity index is 181. The van der Waals surface area contributed by atoms with Crippen LogP contribution in [0.1, 0.15) is 6.42 Å². The van der Waals surface area contributed by atoms with Crippen LogP contribution in [-0.4, -0.2) is 24.1 Å². The van der Waals surface area contributed by atoms with Gasteiger partial charge in [0.05, 0.1) is 6.42 Å². The Morgan fingerprint density at radius 2 is 1.89 bits per heavy atom. The lowest BCUT2D eigenvalue weighted by Gasteiger charge is -2.06. The molecule has 1 aliphatic rings. The summed E-state index contributed by atoms with van der Waals surface area (Å²) in [6, 6.07) is 0. The normalized spacial score (nSPS) is 19.8. The maximum Gasteiger partial charge on any atom is 0.375 e. The highest BCUT2D eigenvalue weighted by molar-refractivity contribution is 6.38. The van der Waals surface area contributed by atoms with Gasteiger partial charge in [0.15, 0.2) is 12.4 Å². The predicted octanol–water partition coefficient (Wildman–Crippen LogP) is -0.929. The number of hydrogen-bond acceptors (Lipinski definition) is 4. The third-order valence-corrected chi connectivity index (χ3v) is 0.950. The average molecular weight is 128 g/mol. The highest BCUT2D eigenvalue weighted by Crippen LogP contribution is 1.97. The van der Waals surface area contributed by atoms with Crippen molar-refractivity contribution in [1.82, 2.24) is 0 Å². The van der Waals surface area contributed by atoms with Crippen LogP contribution in [0.2, 0.25) is 0 Å². The highest BCUT2D eigenvalue weighted by atomic mass is 16.5. The van der Waals surface area contributed by atoms with Crippen LogP contribution in [0.4, 0.5) is 0 Å². The second-order valence-electron chi connectivity index (χ2n) is 1.71. The van der Waals surface area contributed by atoms with Crippen LogP contribution in [0, 0.1) is 0 Å². The molecule has 1 saturated heterocycles. The van der Waals surface area contributed by atoms with E-state index in [1.54, 1.807) is 0 Å². The molecule has 0 aromatic heterocycles. The molecule has 0 N–H and O–H groups in total. The summed E-state index contributed by atoms with van der Waals surface area (Å²) in [6.45, 7) is -0.245. The Morgan fingerprint density at radius 1 is 1.22 bits per heavy atom. The molecule has 1 rings (SSSR count). The van der Waals surface area contributed by atoms with E-state index >= 15 is 0 Å². The molecule has 1 aliphatic heterocycles. The van der Waals surface area contributed by atoms with E-state index in [0.29, 0.717) is 0 Å². The lowest BCUT2D eigenvalue weighted by molar-refractivity contribution is -0.160. The minimum absolute atomic E-state index is 0.245. The molecule has 0 aromatic carbocycles. The maximum absolute atomic E-state index is 10.3. The summed E-state index contributed by atoms with van der Waals surface area (Å²) in [5.74, 6) is -1.97. The van der Waals surface area contributed by atoms with E-state index in [-0.39, 0.29) is 18.8 Å². The van der Waals surface area contributed by atoms with E-state index in [2.05, 4.69) is 4.74 Å². The van der Waals surface area contributed by atoms with Gasteiger partial charge in [-0.3, -0.25) is 9.59 Å². The molecule has 0 spiro atoms. The van der Waals surface area contributed by atoms with E-state index in [9.17, 15) is 14.4 Å². The first kappa shape index (κ1) is 5.94. The van der Waals surface area contributed by atoms with Gasteiger partial charge >= 0.3 is 5.97 Å². The molecule has 0 bridgehead atoms. The molecule has 9 heavy (non-hydrogen) atoms. The van der Waals surface area contributed by atoms with Crippen LogP contribution >= 0.6 is 0 Å². The second kappa shape index (κ2) is 1.97. The van der Waals surface area contributed by atoms with Gasteiger partial charge in [-0.1, -0.05) is 0 Å². The summed E-state index contributed by atoms with van der Waals surface area (Å²) in [6.07, 6.45) is -0.293. The third-order valence-electron chi connectivity index (χ3n) is 0.950. The minimum Gasteiger partial charge on any atom is -0.452 e. The molecule has 0 radical (unpaired) electrons. The van der Waals surface area contributed by atoms with Crippen molar-refractivity contribution in [3.8, 4) is 0 Å². The molecule has 1 heterocycles. The quantitative estimate of drug-likeness (QED) is 0.240. The molecule has 0 atom stereocenters. The lowest BCUT2D eigenvalue weighted by atomic mass is 10.2. The number of esters is 1. The largest absolute Gasteiger partial charge is 0.452 e. The summed E-state index contributed by atoms with van der Waals surface area (Å²) < 4.78 is 4.16. The zero-order valence-corrected chi connectivity index (χ0v) is 4.55. The Kier molecular flexibility index (Phi) is 1.30. The zero-order valence-electron chi connectivity index (χ0n) is 4.55. The van der Waals surface area contributed by atoms with Crippen molar-refractivity contribution in [3.63, 3.8) is 0 Å². The van der Waals surface area contributed by atoms with Crippen LogP contribution in [0.5, 0.6) is 0 Å². The number of hydrogen-bond donors (Lipinski definition) is 0. The first-order valence-corrected chi connectivity index (χ1v) is 2.42. The molecular formula is C5H4O4. The number of rotatable bonds is 0. The van der Waals surface area contributed by atoms with Crippen LogP contribution in [-0.2, 0) is 19.1 Å². The smallest absolute Gasteiger partial charge is 0.375 e. The third kappa shape index (κ3) is 1.13. The number of carbonyl (C=O) groups excluding carboxylic acids is 3. The average Bonchev–Trinajstić information content (AvgIpc) is 1.80. The standard InChI is InChI=1S/C5H4O4/c6-3-1-4(7)5(8)9-2-3/h1-2H2. The minimum atomic E-state index is -0.894. The Balaban J connectivity index is 2.64. The molecule has 4 heteroatoms. The fourth-order valence-electron chi connectivity index (χ4n) is 0.529. The summed E-state index contributed by atoms with van der Waals surface area (Å²) in [5.41, 5.74) is 0. The van der Waals surface area contributed by atoms with Gasteiger partial charge in [-0.05, 0) is 0 Å². The second-order valence-corrected chi connectivity index (χ2v) is 1.71. The summed E-state index contributed by atoms with van der Waals surface area (Å²) in [5, 5.41) is 0. The van der Waals surface area contributed by atoms with Gasteiger partial charge in [-0.2, -0.15) is 0 Å². The number of ether oxygens (including phenoxy) is 1. The number of carbonyl (C=O) groups is 3. The van der Waals surface area contributed by atoms with Gasteiger partial charge in [0.2, 0.25) is 5.78 Å². The van der Waals surface area contributed by atoms with Crippen LogP contribution in [0.15, 0.2) is 0 Å². The lowest BCUT2D eigenvalue weighted by Crippen LogP contribution is -2.30. The highest BCUT2D eigenvalue weighted by Gasteiger charge is 2.25. The van der Waals surface area contributed by atoms with Crippen molar-refractivity contribution in [2.75, 3.05) is 6.61 Å². The van der Waals surface area contributed by atoms with Crippen molar-refractivity contribution in [3.05, 3.63) is 0 Å². The molecule has 0 saturated carbocycles. The first-order valence-electron chi connectivity index (χ1n) is 2.42. The van der Waals surface area contributed by atoms with E-state index in [1.807, 2.05) is 0 Å². The van der Waals surface area contributed by atoms with Crippen molar-refractivity contribution >= 4 is 17.5 Å². The van der Waals surface area contributed by atoms with Crippen molar-refractivity contribution in [2.45, 2.75) is 6.42 Å². The fourth-order valence-corrected chi connectivity index (χ4v) is 0.529. The van der Waals surface area contributed by atoms with Gasteiger partial charge in [0.25, 0.3) is 0 Å². The molecule has 0 aromatic rings. The SMILES string of the molecule is O=C1COC(=O)C(=O)C1.